The minimum Gasteiger partial charge on any atom is -0.462 e. The molecule has 1 aromatic carbocycles. The lowest BCUT2D eigenvalue weighted by molar-refractivity contribution is 0.0518. The molecule has 0 radical (unpaired) electrons. The first kappa shape index (κ1) is 16.3. The molecule has 120 valence electrons. The van der Waals surface area contributed by atoms with E-state index in [0.717, 1.165) is 12.8 Å². The molecule has 0 bridgehead atoms. The second kappa shape index (κ2) is 8.41. The third-order valence-corrected chi connectivity index (χ3v) is 3.74. The van der Waals surface area contributed by atoms with Crippen molar-refractivity contribution in [3.8, 4) is 5.75 Å². The van der Waals surface area contributed by atoms with Crippen molar-refractivity contribution in [1.82, 2.24) is 0 Å². The second-order valence-corrected chi connectivity index (χ2v) is 5.38. The van der Waals surface area contributed by atoms with E-state index in [1.54, 1.807) is 31.2 Å². The lowest BCUT2D eigenvalue weighted by Crippen LogP contribution is -2.19. The van der Waals surface area contributed by atoms with Gasteiger partial charge in [0.25, 0.3) is 0 Å². The van der Waals surface area contributed by atoms with Crippen molar-refractivity contribution in [2.24, 2.45) is 5.92 Å². The van der Waals surface area contributed by atoms with Gasteiger partial charge in [-0.3, -0.25) is 0 Å². The molecular formula is C17H22O5. The Bertz CT molecular complexity index is 506. The largest absolute Gasteiger partial charge is 0.513 e. The summed E-state index contributed by atoms with van der Waals surface area (Å²) in [6, 6.07) is 6.48. The first-order chi connectivity index (χ1) is 10.7. The molecule has 0 heterocycles. The van der Waals surface area contributed by atoms with Crippen LogP contribution in [0.3, 0.4) is 0 Å². The Kier molecular flexibility index (Phi) is 6.25. The van der Waals surface area contributed by atoms with Crippen LogP contribution in [0.4, 0.5) is 4.79 Å². The maximum absolute atomic E-state index is 11.8. The molecule has 1 aliphatic carbocycles. The molecule has 0 spiro atoms. The molecule has 0 unspecified atom stereocenters. The normalized spacial score (nSPS) is 15.1. The zero-order valence-corrected chi connectivity index (χ0v) is 12.9. The van der Waals surface area contributed by atoms with Gasteiger partial charge in [-0.2, -0.15) is 0 Å². The summed E-state index contributed by atoms with van der Waals surface area (Å²) in [5.41, 5.74) is 0.221. The van der Waals surface area contributed by atoms with Gasteiger partial charge in [0.15, 0.2) is 0 Å². The average molecular weight is 306 g/mol. The molecule has 0 aromatic heterocycles. The summed E-state index contributed by atoms with van der Waals surface area (Å²) in [5, 5.41) is 0. The van der Waals surface area contributed by atoms with Gasteiger partial charge < -0.3 is 14.2 Å². The highest BCUT2D eigenvalue weighted by molar-refractivity contribution is 5.93. The summed E-state index contributed by atoms with van der Waals surface area (Å²) in [6.45, 7) is 2.36. The van der Waals surface area contributed by atoms with E-state index in [2.05, 4.69) is 0 Å². The Labute approximate surface area is 130 Å². The fraction of sp³-hybridized carbons (Fsp3) is 0.529. The summed E-state index contributed by atoms with van der Waals surface area (Å²) in [4.78, 5) is 23.6. The van der Waals surface area contributed by atoms with Gasteiger partial charge in [-0.15, -0.1) is 0 Å². The SMILES string of the molecule is CCOC(=O)c1ccccc1OC(=O)OCC1CCCCC1. The molecule has 0 atom stereocenters. The highest BCUT2D eigenvalue weighted by atomic mass is 16.7. The summed E-state index contributed by atoms with van der Waals surface area (Å²) in [6.07, 6.45) is 5.04. The summed E-state index contributed by atoms with van der Waals surface area (Å²) in [5.74, 6) is 0.0642. The zero-order chi connectivity index (χ0) is 15.8. The van der Waals surface area contributed by atoms with Gasteiger partial charge in [0.05, 0.1) is 13.2 Å². The monoisotopic (exact) mass is 306 g/mol. The molecule has 1 aliphatic rings. The summed E-state index contributed by atoms with van der Waals surface area (Å²) < 4.78 is 15.2. The first-order valence-electron chi connectivity index (χ1n) is 7.81. The Morgan fingerprint density at radius 1 is 1.09 bits per heavy atom. The molecule has 1 saturated carbocycles. The van der Waals surface area contributed by atoms with Crippen LogP contribution >= 0.6 is 0 Å². The minimum atomic E-state index is -0.776. The van der Waals surface area contributed by atoms with Crippen molar-refractivity contribution in [2.45, 2.75) is 39.0 Å². The Morgan fingerprint density at radius 2 is 1.82 bits per heavy atom. The van der Waals surface area contributed by atoms with E-state index in [0.29, 0.717) is 12.5 Å². The third kappa shape index (κ3) is 4.76. The number of benzene rings is 1. The zero-order valence-electron chi connectivity index (χ0n) is 12.9. The lowest BCUT2D eigenvalue weighted by Gasteiger charge is -2.20. The lowest BCUT2D eigenvalue weighted by atomic mass is 9.90. The highest BCUT2D eigenvalue weighted by Gasteiger charge is 2.19. The van der Waals surface area contributed by atoms with Crippen LogP contribution in [0.2, 0.25) is 0 Å². The van der Waals surface area contributed by atoms with Crippen LogP contribution in [0, 0.1) is 5.92 Å². The molecule has 0 amide bonds. The average Bonchev–Trinajstić information content (AvgIpc) is 2.54. The predicted molar refractivity (Wildman–Crippen MR) is 80.9 cm³/mol. The molecule has 0 aliphatic heterocycles. The molecule has 1 fully saturated rings. The molecular weight excluding hydrogens is 284 g/mol. The summed E-state index contributed by atoms with van der Waals surface area (Å²) in [7, 11) is 0. The standard InChI is InChI=1S/C17H22O5/c1-2-20-16(18)14-10-6-7-11-15(14)22-17(19)21-12-13-8-4-3-5-9-13/h6-7,10-11,13H,2-5,8-9,12H2,1H3. The maximum atomic E-state index is 11.8. The van der Waals surface area contributed by atoms with Gasteiger partial charge in [-0.05, 0) is 37.8 Å². The number of para-hydroxylation sites is 1. The van der Waals surface area contributed by atoms with E-state index in [4.69, 9.17) is 14.2 Å². The van der Waals surface area contributed by atoms with Crippen LogP contribution in [-0.2, 0) is 9.47 Å². The van der Waals surface area contributed by atoms with Crippen molar-refractivity contribution in [1.29, 1.82) is 0 Å². The number of esters is 1. The van der Waals surface area contributed by atoms with Crippen molar-refractivity contribution in [3.05, 3.63) is 29.8 Å². The van der Waals surface area contributed by atoms with Crippen molar-refractivity contribution < 1.29 is 23.8 Å². The number of carbonyl (C=O) groups is 2. The van der Waals surface area contributed by atoms with Crippen LogP contribution < -0.4 is 4.74 Å². The Morgan fingerprint density at radius 3 is 2.55 bits per heavy atom. The number of rotatable bonds is 5. The van der Waals surface area contributed by atoms with Gasteiger partial charge in [-0.25, -0.2) is 9.59 Å². The first-order valence-corrected chi connectivity index (χ1v) is 7.81. The molecule has 0 N–H and O–H groups in total. The molecule has 0 saturated heterocycles. The Hall–Kier alpha value is -2.04. The van der Waals surface area contributed by atoms with Crippen LogP contribution in [0.1, 0.15) is 49.4 Å². The fourth-order valence-corrected chi connectivity index (χ4v) is 2.59. The topological polar surface area (TPSA) is 61.8 Å². The minimum absolute atomic E-state index is 0.162. The van der Waals surface area contributed by atoms with Gasteiger partial charge in [0.1, 0.15) is 11.3 Å². The second-order valence-electron chi connectivity index (χ2n) is 5.38. The molecule has 5 heteroatoms. The van der Waals surface area contributed by atoms with Gasteiger partial charge in [-0.1, -0.05) is 31.4 Å². The van der Waals surface area contributed by atoms with Crippen LogP contribution in [0.5, 0.6) is 5.75 Å². The van der Waals surface area contributed by atoms with E-state index in [1.807, 2.05) is 0 Å². The number of hydrogen-bond donors (Lipinski definition) is 0. The van der Waals surface area contributed by atoms with Crippen LogP contribution in [0.15, 0.2) is 24.3 Å². The van der Waals surface area contributed by atoms with Crippen LogP contribution in [0.25, 0.3) is 0 Å². The Balaban J connectivity index is 1.89. The molecule has 5 nitrogen and oxygen atoms in total. The van der Waals surface area contributed by atoms with Crippen LogP contribution in [-0.4, -0.2) is 25.3 Å². The van der Waals surface area contributed by atoms with E-state index in [9.17, 15) is 9.59 Å². The number of ether oxygens (including phenoxy) is 3. The highest BCUT2D eigenvalue weighted by Crippen LogP contribution is 2.24. The van der Waals surface area contributed by atoms with E-state index >= 15 is 0 Å². The van der Waals surface area contributed by atoms with Crippen molar-refractivity contribution in [3.63, 3.8) is 0 Å². The van der Waals surface area contributed by atoms with Crippen molar-refractivity contribution in [2.75, 3.05) is 13.2 Å². The molecule has 1 aromatic rings. The maximum Gasteiger partial charge on any atom is 0.513 e. The fourth-order valence-electron chi connectivity index (χ4n) is 2.59. The molecule has 22 heavy (non-hydrogen) atoms. The van der Waals surface area contributed by atoms with E-state index < -0.39 is 12.1 Å². The third-order valence-electron chi connectivity index (χ3n) is 3.74. The summed E-state index contributed by atoms with van der Waals surface area (Å²) >= 11 is 0. The molecule has 2 rings (SSSR count). The quantitative estimate of drug-likeness (QED) is 0.608. The number of hydrogen-bond acceptors (Lipinski definition) is 5. The van der Waals surface area contributed by atoms with E-state index in [-0.39, 0.29) is 17.9 Å². The smallest absolute Gasteiger partial charge is 0.462 e. The van der Waals surface area contributed by atoms with Crippen molar-refractivity contribution >= 4 is 12.1 Å². The predicted octanol–water partition coefficient (Wildman–Crippen LogP) is 3.96. The van der Waals surface area contributed by atoms with E-state index in [1.165, 1.54) is 19.3 Å². The van der Waals surface area contributed by atoms with Gasteiger partial charge in [0.2, 0.25) is 0 Å². The van der Waals surface area contributed by atoms with Gasteiger partial charge in [0, 0.05) is 0 Å². The van der Waals surface area contributed by atoms with Gasteiger partial charge >= 0.3 is 12.1 Å². The number of carbonyl (C=O) groups excluding carboxylic acids is 2.